The molecule has 0 saturated heterocycles. The first-order chi connectivity index (χ1) is 11.0. The van der Waals surface area contributed by atoms with E-state index in [-0.39, 0.29) is 5.56 Å². The van der Waals surface area contributed by atoms with Crippen molar-refractivity contribution >= 4 is 34.7 Å². The van der Waals surface area contributed by atoms with E-state index in [4.69, 9.17) is 14.9 Å². The number of aliphatic carboxylic acids is 1. The zero-order valence-electron chi connectivity index (χ0n) is 12.0. The molecule has 1 heterocycles. The molecule has 0 saturated carbocycles. The molecule has 0 aliphatic heterocycles. The average Bonchev–Trinajstić information content (AvgIpc) is 2.87. The van der Waals surface area contributed by atoms with E-state index in [0.717, 1.165) is 11.5 Å². The molecule has 8 nitrogen and oxygen atoms in total. The Morgan fingerprint density at radius 3 is 2.83 bits per heavy atom. The van der Waals surface area contributed by atoms with E-state index < -0.39 is 18.5 Å². The van der Waals surface area contributed by atoms with Gasteiger partial charge in [-0.25, -0.2) is 9.59 Å². The maximum atomic E-state index is 11.1. The number of rotatable bonds is 7. The van der Waals surface area contributed by atoms with Gasteiger partial charge in [-0.2, -0.15) is 9.47 Å². The summed E-state index contributed by atoms with van der Waals surface area (Å²) in [5.74, 6) is -1.81. The van der Waals surface area contributed by atoms with Crippen LogP contribution in [-0.2, 0) is 4.79 Å². The molecule has 0 unspecified atom stereocenters. The Bertz CT molecular complexity index is 757. The second kappa shape index (κ2) is 7.36. The van der Waals surface area contributed by atoms with E-state index in [1.807, 2.05) is 0 Å². The molecule has 2 rings (SSSR count). The maximum Gasteiger partial charge on any atom is 0.341 e. The van der Waals surface area contributed by atoms with Crippen LogP contribution in [0.25, 0.3) is 0 Å². The number of hydrogen-bond acceptors (Lipinski definition) is 7. The van der Waals surface area contributed by atoms with Crippen molar-refractivity contribution in [1.82, 2.24) is 4.37 Å². The summed E-state index contributed by atoms with van der Waals surface area (Å²) in [7, 11) is 0. The fourth-order valence-electron chi connectivity index (χ4n) is 1.72. The van der Waals surface area contributed by atoms with Gasteiger partial charge in [-0.1, -0.05) is 12.1 Å². The van der Waals surface area contributed by atoms with Crippen LogP contribution in [0.1, 0.15) is 21.6 Å². The molecule has 3 N–H and O–H groups in total. The standard InChI is InChI=1S/C14H13N3O5S/c1-8-12(14(20)21)13(23-17-8)16-15-6-9-4-2-3-5-10(9)22-7-11(18)19/h2-6,16H,7H2,1H3,(H,18,19)(H,20,21)/b15-6+. The second-order valence-corrected chi connectivity index (χ2v) is 5.14. The smallest absolute Gasteiger partial charge is 0.341 e. The molecule has 0 radical (unpaired) electrons. The summed E-state index contributed by atoms with van der Waals surface area (Å²) in [6.07, 6.45) is 1.41. The van der Waals surface area contributed by atoms with E-state index in [1.54, 1.807) is 31.2 Å². The number of nitrogens with zero attached hydrogens (tertiary/aromatic N) is 2. The number of para-hydroxylation sites is 1. The summed E-state index contributed by atoms with van der Waals surface area (Å²) in [6.45, 7) is 1.14. The largest absolute Gasteiger partial charge is 0.481 e. The van der Waals surface area contributed by atoms with Crippen molar-refractivity contribution in [2.24, 2.45) is 5.10 Å². The summed E-state index contributed by atoms with van der Waals surface area (Å²) in [5, 5.41) is 22.0. The number of anilines is 1. The van der Waals surface area contributed by atoms with Gasteiger partial charge in [-0.05, 0) is 30.6 Å². The van der Waals surface area contributed by atoms with E-state index in [9.17, 15) is 9.59 Å². The third kappa shape index (κ3) is 4.27. The fourth-order valence-corrected chi connectivity index (χ4v) is 2.46. The van der Waals surface area contributed by atoms with Crippen molar-refractivity contribution < 1.29 is 24.5 Å². The van der Waals surface area contributed by atoms with Crippen molar-refractivity contribution in [2.75, 3.05) is 12.0 Å². The number of hydrogen-bond donors (Lipinski definition) is 3. The lowest BCUT2D eigenvalue weighted by Crippen LogP contribution is -2.10. The van der Waals surface area contributed by atoms with Crippen LogP contribution in [0.2, 0.25) is 0 Å². The minimum absolute atomic E-state index is 0.0718. The quantitative estimate of drug-likeness (QED) is 0.523. The molecule has 0 aliphatic carbocycles. The van der Waals surface area contributed by atoms with Crippen molar-refractivity contribution in [3.8, 4) is 5.75 Å². The topological polar surface area (TPSA) is 121 Å². The lowest BCUT2D eigenvalue weighted by atomic mass is 10.2. The van der Waals surface area contributed by atoms with Crippen LogP contribution < -0.4 is 10.2 Å². The molecule has 120 valence electrons. The molecule has 0 spiro atoms. The number of ether oxygens (including phenoxy) is 1. The van der Waals surface area contributed by atoms with Gasteiger partial charge in [0, 0.05) is 5.56 Å². The molecular formula is C14H13N3O5S. The van der Waals surface area contributed by atoms with Crippen molar-refractivity contribution in [3.63, 3.8) is 0 Å². The molecule has 2 aromatic rings. The highest BCUT2D eigenvalue weighted by Gasteiger charge is 2.16. The predicted molar refractivity (Wildman–Crippen MR) is 84.6 cm³/mol. The van der Waals surface area contributed by atoms with Crippen molar-refractivity contribution in [2.45, 2.75) is 6.92 Å². The van der Waals surface area contributed by atoms with Gasteiger partial charge in [0.2, 0.25) is 0 Å². The van der Waals surface area contributed by atoms with Gasteiger partial charge in [-0.15, -0.1) is 0 Å². The normalized spacial score (nSPS) is 10.7. The van der Waals surface area contributed by atoms with Gasteiger partial charge in [0.25, 0.3) is 0 Å². The Hall–Kier alpha value is -2.94. The number of hydrazone groups is 1. The molecule has 0 bridgehead atoms. The average molecular weight is 335 g/mol. The first-order valence-electron chi connectivity index (χ1n) is 6.41. The molecule has 0 amide bonds. The van der Waals surface area contributed by atoms with E-state index in [2.05, 4.69) is 14.9 Å². The molecule has 0 atom stereocenters. The third-order valence-electron chi connectivity index (χ3n) is 2.72. The number of carboxylic acid groups (broad SMARTS) is 2. The molecule has 1 aromatic carbocycles. The molecule has 0 aliphatic rings. The number of aromatic carboxylic acids is 1. The lowest BCUT2D eigenvalue weighted by Gasteiger charge is -2.06. The minimum Gasteiger partial charge on any atom is -0.481 e. The zero-order valence-corrected chi connectivity index (χ0v) is 12.8. The van der Waals surface area contributed by atoms with Crippen LogP contribution in [0.5, 0.6) is 5.75 Å². The number of carboxylic acids is 2. The second-order valence-electron chi connectivity index (χ2n) is 4.37. The molecule has 0 fully saturated rings. The number of aromatic nitrogens is 1. The van der Waals surface area contributed by atoms with Crippen LogP contribution in [-0.4, -0.2) is 39.3 Å². The first-order valence-corrected chi connectivity index (χ1v) is 7.18. The summed E-state index contributed by atoms with van der Waals surface area (Å²) in [5.41, 5.74) is 3.66. The minimum atomic E-state index is -1.08. The molecular weight excluding hydrogens is 322 g/mol. The summed E-state index contributed by atoms with van der Waals surface area (Å²) in [4.78, 5) is 21.7. The lowest BCUT2D eigenvalue weighted by molar-refractivity contribution is -0.139. The Balaban J connectivity index is 2.12. The van der Waals surface area contributed by atoms with Crippen LogP contribution in [0.15, 0.2) is 29.4 Å². The van der Waals surface area contributed by atoms with Gasteiger partial charge in [0.1, 0.15) is 16.3 Å². The highest BCUT2D eigenvalue weighted by atomic mass is 32.1. The first kappa shape index (κ1) is 16.4. The Kier molecular flexibility index (Phi) is 5.26. The number of benzene rings is 1. The SMILES string of the molecule is Cc1nsc(N/N=C/c2ccccc2OCC(=O)O)c1C(=O)O. The third-order valence-corrected chi connectivity index (χ3v) is 3.56. The van der Waals surface area contributed by atoms with Gasteiger partial charge in [-0.3, -0.25) is 5.43 Å². The Morgan fingerprint density at radius 1 is 1.39 bits per heavy atom. The van der Waals surface area contributed by atoms with E-state index in [1.165, 1.54) is 6.21 Å². The molecule has 9 heteroatoms. The van der Waals surface area contributed by atoms with Crippen LogP contribution in [0.3, 0.4) is 0 Å². The van der Waals surface area contributed by atoms with E-state index in [0.29, 0.717) is 22.0 Å². The van der Waals surface area contributed by atoms with Gasteiger partial charge in [0.05, 0.1) is 11.9 Å². The summed E-state index contributed by atoms with van der Waals surface area (Å²) in [6, 6.07) is 6.76. The Morgan fingerprint density at radius 2 is 2.13 bits per heavy atom. The van der Waals surface area contributed by atoms with Crippen LogP contribution >= 0.6 is 11.5 Å². The van der Waals surface area contributed by atoms with Crippen molar-refractivity contribution in [3.05, 3.63) is 41.1 Å². The molecule has 1 aromatic heterocycles. The monoisotopic (exact) mass is 335 g/mol. The van der Waals surface area contributed by atoms with E-state index >= 15 is 0 Å². The number of carbonyl (C=O) groups is 2. The maximum absolute atomic E-state index is 11.1. The van der Waals surface area contributed by atoms with Gasteiger partial charge in [0.15, 0.2) is 6.61 Å². The fraction of sp³-hybridized carbons (Fsp3) is 0.143. The van der Waals surface area contributed by atoms with Crippen LogP contribution in [0, 0.1) is 6.92 Å². The number of nitrogens with one attached hydrogen (secondary N) is 1. The van der Waals surface area contributed by atoms with Gasteiger partial charge < -0.3 is 14.9 Å². The van der Waals surface area contributed by atoms with Crippen LogP contribution in [0.4, 0.5) is 5.00 Å². The Labute approximate surface area is 135 Å². The predicted octanol–water partition coefficient (Wildman–Crippen LogP) is 2.06. The van der Waals surface area contributed by atoms with Gasteiger partial charge >= 0.3 is 11.9 Å². The zero-order chi connectivity index (χ0) is 16.8. The number of aryl methyl sites for hydroxylation is 1. The summed E-state index contributed by atoms with van der Waals surface area (Å²) >= 11 is 0.993. The van der Waals surface area contributed by atoms with Crippen molar-refractivity contribution in [1.29, 1.82) is 0 Å². The molecule has 23 heavy (non-hydrogen) atoms. The highest BCUT2D eigenvalue weighted by Crippen LogP contribution is 2.24. The summed E-state index contributed by atoms with van der Waals surface area (Å²) < 4.78 is 9.11. The highest BCUT2D eigenvalue weighted by molar-refractivity contribution is 7.10.